The van der Waals surface area contributed by atoms with E-state index in [1.165, 1.54) is 0 Å². The van der Waals surface area contributed by atoms with Crippen molar-refractivity contribution in [3.8, 4) is 5.75 Å². The highest BCUT2D eigenvalue weighted by molar-refractivity contribution is 7.80. The van der Waals surface area contributed by atoms with E-state index in [9.17, 15) is 4.79 Å². The van der Waals surface area contributed by atoms with Crippen LogP contribution in [0.3, 0.4) is 0 Å². The lowest BCUT2D eigenvalue weighted by molar-refractivity contribution is 0.102. The molecule has 1 N–H and O–H groups in total. The summed E-state index contributed by atoms with van der Waals surface area (Å²) >= 11 is 4.29. The fourth-order valence-corrected chi connectivity index (χ4v) is 1.86. The first kappa shape index (κ1) is 13.5. The fraction of sp³-hybridized carbons (Fsp3) is 0.133. The van der Waals surface area contributed by atoms with Crippen molar-refractivity contribution < 1.29 is 9.53 Å². The SMILES string of the molecule is CCOc1ccc(C(=O)Nc2ccccc2S)cc1. The molecule has 0 aliphatic carbocycles. The summed E-state index contributed by atoms with van der Waals surface area (Å²) in [6, 6.07) is 14.4. The van der Waals surface area contributed by atoms with Crippen LogP contribution in [0.2, 0.25) is 0 Å². The van der Waals surface area contributed by atoms with E-state index in [0.717, 1.165) is 10.6 Å². The third kappa shape index (κ3) is 3.51. The Morgan fingerprint density at radius 2 is 1.84 bits per heavy atom. The normalized spacial score (nSPS) is 10.0. The van der Waals surface area contributed by atoms with E-state index in [-0.39, 0.29) is 5.91 Å². The summed E-state index contributed by atoms with van der Waals surface area (Å²) < 4.78 is 5.33. The van der Waals surface area contributed by atoms with Crippen LogP contribution in [0.5, 0.6) is 5.75 Å². The molecule has 0 atom stereocenters. The van der Waals surface area contributed by atoms with Crippen LogP contribution in [0.25, 0.3) is 0 Å². The van der Waals surface area contributed by atoms with Crippen molar-refractivity contribution in [2.75, 3.05) is 11.9 Å². The van der Waals surface area contributed by atoms with Gasteiger partial charge in [-0.3, -0.25) is 4.79 Å². The summed E-state index contributed by atoms with van der Waals surface area (Å²) in [5, 5.41) is 2.82. The molecule has 0 fully saturated rings. The van der Waals surface area contributed by atoms with Crippen molar-refractivity contribution in [1.82, 2.24) is 0 Å². The van der Waals surface area contributed by atoms with Crippen molar-refractivity contribution >= 4 is 24.2 Å². The van der Waals surface area contributed by atoms with Gasteiger partial charge in [0, 0.05) is 10.5 Å². The third-order valence-electron chi connectivity index (χ3n) is 2.58. The smallest absolute Gasteiger partial charge is 0.255 e. The molecule has 2 rings (SSSR count). The minimum atomic E-state index is -0.162. The Morgan fingerprint density at radius 3 is 2.47 bits per heavy atom. The second-order valence-electron chi connectivity index (χ2n) is 3.93. The number of para-hydroxylation sites is 1. The van der Waals surface area contributed by atoms with Crippen molar-refractivity contribution in [3.05, 3.63) is 54.1 Å². The van der Waals surface area contributed by atoms with Gasteiger partial charge < -0.3 is 10.1 Å². The number of carbonyl (C=O) groups excluding carboxylic acids is 1. The van der Waals surface area contributed by atoms with Crippen LogP contribution >= 0.6 is 12.6 Å². The molecule has 98 valence electrons. The quantitative estimate of drug-likeness (QED) is 0.835. The van der Waals surface area contributed by atoms with Crippen molar-refractivity contribution in [2.24, 2.45) is 0 Å². The van der Waals surface area contributed by atoms with Crippen molar-refractivity contribution in [1.29, 1.82) is 0 Å². The number of rotatable bonds is 4. The molecule has 1 amide bonds. The predicted octanol–water partition coefficient (Wildman–Crippen LogP) is 3.63. The van der Waals surface area contributed by atoms with Gasteiger partial charge in [0.15, 0.2) is 0 Å². The summed E-state index contributed by atoms with van der Waals surface area (Å²) in [5.41, 5.74) is 1.28. The molecule has 0 spiro atoms. The average molecular weight is 273 g/mol. The fourth-order valence-electron chi connectivity index (χ4n) is 1.64. The lowest BCUT2D eigenvalue weighted by Crippen LogP contribution is -2.12. The maximum Gasteiger partial charge on any atom is 0.255 e. The van der Waals surface area contributed by atoms with Crippen LogP contribution in [0.4, 0.5) is 5.69 Å². The zero-order valence-corrected chi connectivity index (χ0v) is 11.5. The Morgan fingerprint density at radius 1 is 1.16 bits per heavy atom. The average Bonchev–Trinajstić information content (AvgIpc) is 2.42. The highest BCUT2D eigenvalue weighted by atomic mass is 32.1. The molecular formula is C15H15NO2S. The minimum absolute atomic E-state index is 0.162. The van der Waals surface area contributed by atoms with E-state index in [1.807, 2.05) is 31.2 Å². The zero-order chi connectivity index (χ0) is 13.7. The standard InChI is InChI=1S/C15H15NO2S/c1-2-18-12-9-7-11(8-10-12)15(17)16-13-5-3-4-6-14(13)19/h3-10,19H,2H2,1H3,(H,16,17). The van der Waals surface area contributed by atoms with E-state index in [0.29, 0.717) is 17.9 Å². The van der Waals surface area contributed by atoms with E-state index in [1.54, 1.807) is 24.3 Å². The first-order chi connectivity index (χ1) is 9.20. The molecule has 0 saturated carbocycles. The van der Waals surface area contributed by atoms with Gasteiger partial charge in [-0.05, 0) is 43.3 Å². The number of amides is 1. The van der Waals surface area contributed by atoms with Gasteiger partial charge >= 0.3 is 0 Å². The molecule has 4 heteroatoms. The van der Waals surface area contributed by atoms with E-state index >= 15 is 0 Å². The largest absolute Gasteiger partial charge is 0.494 e. The molecule has 19 heavy (non-hydrogen) atoms. The van der Waals surface area contributed by atoms with Gasteiger partial charge in [0.05, 0.1) is 12.3 Å². The number of ether oxygens (including phenoxy) is 1. The lowest BCUT2D eigenvalue weighted by Gasteiger charge is -2.08. The second-order valence-corrected chi connectivity index (χ2v) is 4.41. The summed E-state index contributed by atoms with van der Waals surface area (Å²) in [6.07, 6.45) is 0. The Hall–Kier alpha value is -1.94. The second kappa shape index (κ2) is 6.29. The van der Waals surface area contributed by atoms with Crippen LogP contribution in [-0.2, 0) is 0 Å². The number of carbonyl (C=O) groups is 1. The lowest BCUT2D eigenvalue weighted by atomic mass is 10.2. The Bertz CT molecular complexity index is 567. The van der Waals surface area contributed by atoms with Crippen LogP contribution in [0.1, 0.15) is 17.3 Å². The first-order valence-corrected chi connectivity index (χ1v) is 6.47. The summed E-state index contributed by atoms with van der Waals surface area (Å²) in [5.74, 6) is 0.596. The highest BCUT2D eigenvalue weighted by Crippen LogP contribution is 2.20. The Balaban J connectivity index is 2.10. The summed E-state index contributed by atoms with van der Waals surface area (Å²) in [6.45, 7) is 2.53. The summed E-state index contributed by atoms with van der Waals surface area (Å²) in [7, 11) is 0. The van der Waals surface area contributed by atoms with Crippen LogP contribution in [-0.4, -0.2) is 12.5 Å². The van der Waals surface area contributed by atoms with Crippen molar-refractivity contribution in [3.63, 3.8) is 0 Å². The highest BCUT2D eigenvalue weighted by Gasteiger charge is 2.07. The van der Waals surface area contributed by atoms with Gasteiger partial charge in [-0.2, -0.15) is 0 Å². The first-order valence-electron chi connectivity index (χ1n) is 6.03. The predicted molar refractivity (Wildman–Crippen MR) is 79.3 cm³/mol. The summed E-state index contributed by atoms with van der Waals surface area (Å²) in [4.78, 5) is 12.8. The van der Waals surface area contributed by atoms with Gasteiger partial charge in [0.25, 0.3) is 5.91 Å². The number of benzene rings is 2. The molecule has 2 aromatic rings. The molecule has 0 unspecified atom stereocenters. The molecule has 0 aromatic heterocycles. The number of anilines is 1. The molecule has 3 nitrogen and oxygen atoms in total. The molecule has 0 radical (unpaired) electrons. The van der Waals surface area contributed by atoms with Crippen LogP contribution in [0, 0.1) is 0 Å². The van der Waals surface area contributed by atoms with Gasteiger partial charge in [-0.1, -0.05) is 12.1 Å². The molecule has 0 saturated heterocycles. The Labute approximate surface area is 118 Å². The van der Waals surface area contributed by atoms with Gasteiger partial charge in [-0.15, -0.1) is 12.6 Å². The van der Waals surface area contributed by atoms with E-state index < -0.39 is 0 Å². The topological polar surface area (TPSA) is 38.3 Å². The minimum Gasteiger partial charge on any atom is -0.494 e. The number of hydrogen-bond donors (Lipinski definition) is 2. The monoisotopic (exact) mass is 273 g/mol. The van der Waals surface area contributed by atoms with Crippen molar-refractivity contribution in [2.45, 2.75) is 11.8 Å². The zero-order valence-electron chi connectivity index (χ0n) is 10.6. The van der Waals surface area contributed by atoms with E-state index in [2.05, 4.69) is 17.9 Å². The van der Waals surface area contributed by atoms with E-state index in [4.69, 9.17) is 4.74 Å². The van der Waals surface area contributed by atoms with Gasteiger partial charge in [0.2, 0.25) is 0 Å². The number of thiol groups is 1. The maximum absolute atomic E-state index is 12.0. The third-order valence-corrected chi connectivity index (χ3v) is 2.97. The molecule has 0 aliphatic heterocycles. The molecule has 0 heterocycles. The molecule has 0 aliphatic rings. The molecule has 0 bridgehead atoms. The number of hydrogen-bond acceptors (Lipinski definition) is 3. The Kier molecular flexibility index (Phi) is 4.47. The molecular weight excluding hydrogens is 258 g/mol. The number of nitrogens with one attached hydrogen (secondary N) is 1. The van der Waals surface area contributed by atoms with Crippen LogP contribution in [0.15, 0.2) is 53.4 Å². The van der Waals surface area contributed by atoms with Gasteiger partial charge in [0.1, 0.15) is 5.75 Å². The van der Waals surface area contributed by atoms with Crippen LogP contribution < -0.4 is 10.1 Å². The maximum atomic E-state index is 12.0. The molecule has 2 aromatic carbocycles. The van der Waals surface area contributed by atoms with Gasteiger partial charge in [-0.25, -0.2) is 0 Å².